The largest absolute Gasteiger partial charge is 0.503 e. The Morgan fingerprint density at radius 1 is 1.25 bits per heavy atom. The molecule has 0 saturated carbocycles. The van der Waals surface area contributed by atoms with Crippen LogP contribution in [-0.4, -0.2) is 12.0 Å². The van der Waals surface area contributed by atoms with E-state index in [1.807, 2.05) is 0 Å². The Morgan fingerprint density at radius 3 is 2.45 bits per heavy atom. The number of nitrogen functional groups attached to an aromatic ring is 1. The third-order valence-corrected chi connectivity index (χ3v) is 3.09. The van der Waals surface area contributed by atoms with Crippen LogP contribution in [-0.2, 0) is 0 Å². The van der Waals surface area contributed by atoms with Gasteiger partial charge in [0.1, 0.15) is 0 Å². The number of fused-ring (bicyclic) bond motifs is 1. The minimum Gasteiger partial charge on any atom is -0.503 e. The van der Waals surface area contributed by atoms with Crippen LogP contribution in [0.4, 0.5) is 18.9 Å². The summed E-state index contributed by atoms with van der Waals surface area (Å²) in [5, 5.41) is 9.42. The van der Waals surface area contributed by atoms with E-state index in [2.05, 4.69) is 4.74 Å². The van der Waals surface area contributed by atoms with Gasteiger partial charge in [0, 0.05) is 16.5 Å². The summed E-state index contributed by atoms with van der Waals surface area (Å²) >= 11 is 0. The highest BCUT2D eigenvalue weighted by Gasteiger charge is 2.24. The molecule has 6 heteroatoms. The molecule has 0 spiro atoms. The van der Waals surface area contributed by atoms with E-state index in [0.29, 0.717) is 5.56 Å². The highest BCUT2D eigenvalue weighted by Crippen LogP contribution is 2.42. The predicted octanol–water partition coefficient (Wildman–Crippen LogP) is 3.84. The van der Waals surface area contributed by atoms with E-state index in [9.17, 15) is 18.3 Å². The first-order chi connectivity index (χ1) is 9.38. The summed E-state index contributed by atoms with van der Waals surface area (Å²) < 4.78 is 45.0. The molecule has 0 unspecified atom stereocenters. The molecule has 2 aromatic carbocycles. The second kappa shape index (κ2) is 5.11. The number of phenols is 1. The topological polar surface area (TPSA) is 55.5 Å². The van der Waals surface area contributed by atoms with E-state index >= 15 is 0 Å². The van der Waals surface area contributed by atoms with E-state index in [1.165, 1.54) is 6.07 Å². The van der Waals surface area contributed by atoms with Crippen LogP contribution in [0.5, 0.6) is 11.5 Å². The molecule has 108 valence electrons. The normalized spacial score (nSPS) is 11.3. The molecule has 0 saturated heterocycles. The molecule has 0 heterocycles. The zero-order valence-electron chi connectivity index (χ0n) is 11.0. The van der Waals surface area contributed by atoms with Crippen molar-refractivity contribution in [3.8, 4) is 11.5 Å². The van der Waals surface area contributed by atoms with Crippen LogP contribution in [0, 0.1) is 11.6 Å². The molecule has 0 amide bonds. The molecular weight excluding hydrogens is 271 g/mol. The third-order valence-electron chi connectivity index (χ3n) is 3.09. The molecule has 0 aliphatic heterocycles. The second-order valence-corrected chi connectivity index (χ2v) is 4.75. The predicted molar refractivity (Wildman–Crippen MR) is 70.6 cm³/mol. The number of hydrogen-bond acceptors (Lipinski definition) is 3. The van der Waals surface area contributed by atoms with Crippen molar-refractivity contribution in [2.75, 3.05) is 12.6 Å². The fraction of sp³-hybridized carbons (Fsp3) is 0.286. The fourth-order valence-corrected chi connectivity index (χ4v) is 2.20. The van der Waals surface area contributed by atoms with Crippen LogP contribution in [0.25, 0.3) is 10.8 Å². The molecule has 0 radical (unpaired) electrons. The summed E-state index contributed by atoms with van der Waals surface area (Å²) in [6.07, 6.45) is 0. The minimum atomic E-state index is -1.32. The number of alkyl halides is 1. The van der Waals surface area contributed by atoms with Crippen molar-refractivity contribution >= 4 is 16.5 Å². The average Bonchev–Trinajstić information content (AvgIpc) is 2.40. The first kappa shape index (κ1) is 14.3. The SMILES string of the molecule is CC(C)c1cc(N)cc2c(F)c(O)c(F)c(OCF)c12. The molecule has 0 bridgehead atoms. The smallest absolute Gasteiger partial charge is 0.228 e. The molecular formula is C14H14F3NO2. The van der Waals surface area contributed by atoms with Crippen LogP contribution in [0.2, 0.25) is 0 Å². The van der Waals surface area contributed by atoms with Crippen LogP contribution in [0.3, 0.4) is 0 Å². The highest BCUT2D eigenvalue weighted by molar-refractivity contribution is 5.96. The van der Waals surface area contributed by atoms with Gasteiger partial charge in [0.15, 0.2) is 17.3 Å². The zero-order chi connectivity index (χ0) is 15.0. The molecule has 0 aliphatic rings. The molecule has 2 rings (SSSR count). The van der Waals surface area contributed by atoms with Gasteiger partial charge in [-0.15, -0.1) is 0 Å². The number of phenolic OH excluding ortho intramolecular Hbond substituents is 1. The Morgan fingerprint density at radius 2 is 1.90 bits per heavy atom. The van der Waals surface area contributed by atoms with E-state index in [0.717, 1.165) is 0 Å². The maximum Gasteiger partial charge on any atom is 0.228 e. The molecule has 3 nitrogen and oxygen atoms in total. The highest BCUT2D eigenvalue weighted by atomic mass is 19.1. The molecule has 0 atom stereocenters. The van der Waals surface area contributed by atoms with Crippen LogP contribution in [0.15, 0.2) is 12.1 Å². The summed E-state index contributed by atoms with van der Waals surface area (Å²) in [7, 11) is 0. The molecule has 3 N–H and O–H groups in total. The maximum atomic E-state index is 14.0. The number of halogens is 3. The quantitative estimate of drug-likeness (QED) is 0.842. The summed E-state index contributed by atoms with van der Waals surface area (Å²) in [6.45, 7) is 2.31. The molecule has 0 aliphatic carbocycles. The standard InChI is InChI=1S/C14H14F3NO2/c1-6(2)8-3-7(18)4-9-10(8)14(20-5-15)12(17)13(19)11(9)16/h3-4,6,19H,5,18H2,1-2H3. The number of rotatable bonds is 3. The lowest BCUT2D eigenvalue weighted by Gasteiger charge is -2.17. The van der Waals surface area contributed by atoms with Crippen molar-refractivity contribution in [2.45, 2.75) is 19.8 Å². The van der Waals surface area contributed by atoms with Crippen molar-refractivity contribution in [1.29, 1.82) is 0 Å². The van der Waals surface area contributed by atoms with Crippen LogP contribution < -0.4 is 10.5 Å². The number of hydrogen-bond donors (Lipinski definition) is 2. The van der Waals surface area contributed by atoms with Gasteiger partial charge in [-0.25, -0.2) is 8.78 Å². The number of ether oxygens (including phenoxy) is 1. The number of aromatic hydroxyl groups is 1. The van der Waals surface area contributed by atoms with Gasteiger partial charge in [0.05, 0.1) is 0 Å². The maximum absolute atomic E-state index is 14.0. The van der Waals surface area contributed by atoms with Crippen molar-refractivity contribution < 1.29 is 23.0 Å². The lowest BCUT2D eigenvalue weighted by atomic mass is 9.94. The van der Waals surface area contributed by atoms with Crippen LogP contribution in [0.1, 0.15) is 25.3 Å². The minimum absolute atomic E-state index is 0.0830. The van der Waals surface area contributed by atoms with Gasteiger partial charge >= 0.3 is 0 Å². The van der Waals surface area contributed by atoms with E-state index in [-0.39, 0.29) is 22.4 Å². The van der Waals surface area contributed by atoms with Crippen molar-refractivity contribution in [2.24, 2.45) is 0 Å². The average molecular weight is 285 g/mol. The summed E-state index contributed by atoms with van der Waals surface area (Å²) in [5.41, 5.74) is 6.46. The van der Waals surface area contributed by atoms with E-state index in [1.54, 1.807) is 19.9 Å². The van der Waals surface area contributed by atoms with E-state index in [4.69, 9.17) is 5.73 Å². The first-order valence-corrected chi connectivity index (χ1v) is 6.00. The summed E-state index contributed by atoms with van der Waals surface area (Å²) in [4.78, 5) is 0. The number of benzene rings is 2. The van der Waals surface area contributed by atoms with Crippen molar-refractivity contribution in [3.05, 3.63) is 29.3 Å². The van der Waals surface area contributed by atoms with Gasteiger partial charge in [-0.1, -0.05) is 13.8 Å². The van der Waals surface area contributed by atoms with Gasteiger partial charge in [-0.2, -0.15) is 4.39 Å². The van der Waals surface area contributed by atoms with Gasteiger partial charge in [0.25, 0.3) is 0 Å². The lowest BCUT2D eigenvalue weighted by Crippen LogP contribution is -2.02. The van der Waals surface area contributed by atoms with Crippen molar-refractivity contribution in [3.63, 3.8) is 0 Å². The summed E-state index contributed by atoms with van der Waals surface area (Å²) in [6, 6.07) is 2.80. The fourth-order valence-electron chi connectivity index (χ4n) is 2.20. The van der Waals surface area contributed by atoms with Crippen LogP contribution >= 0.6 is 0 Å². The molecule has 20 heavy (non-hydrogen) atoms. The second-order valence-electron chi connectivity index (χ2n) is 4.75. The Hall–Kier alpha value is -2.11. The van der Waals surface area contributed by atoms with Gasteiger partial charge in [0.2, 0.25) is 12.7 Å². The number of anilines is 1. The van der Waals surface area contributed by atoms with Gasteiger partial charge < -0.3 is 15.6 Å². The lowest BCUT2D eigenvalue weighted by molar-refractivity contribution is 0.184. The number of nitrogens with two attached hydrogens (primary N) is 1. The van der Waals surface area contributed by atoms with Gasteiger partial charge in [-0.3, -0.25) is 0 Å². The zero-order valence-corrected chi connectivity index (χ0v) is 11.0. The molecule has 0 aromatic heterocycles. The Kier molecular flexibility index (Phi) is 3.65. The Bertz CT molecular complexity index is 671. The first-order valence-electron chi connectivity index (χ1n) is 6.00. The molecule has 0 fully saturated rings. The third kappa shape index (κ3) is 2.11. The van der Waals surface area contributed by atoms with Gasteiger partial charge in [-0.05, 0) is 23.6 Å². The Balaban J connectivity index is 3.00. The Labute approximate surface area is 113 Å². The molecule has 2 aromatic rings. The summed E-state index contributed by atoms with van der Waals surface area (Å²) in [5.74, 6) is -4.30. The van der Waals surface area contributed by atoms with E-state index < -0.39 is 30.0 Å². The monoisotopic (exact) mass is 285 g/mol. The van der Waals surface area contributed by atoms with Crippen molar-refractivity contribution in [1.82, 2.24) is 0 Å².